The van der Waals surface area contributed by atoms with Crippen molar-refractivity contribution in [2.75, 3.05) is 19.8 Å². The van der Waals surface area contributed by atoms with Crippen molar-refractivity contribution in [1.82, 2.24) is 5.32 Å². The van der Waals surface area contributed by atoms with Crippen LogP contribution in [0.5, 0.6) is 0 Å². The van der Waals surface area contributed by atoms with Crippen LogP contribution in [0.1, 0.15) is 33.6 Å². The van der Waals surface area contributed by atoms with E-state index in [1.807, 2.05) is 6.92 Å². The standard InChI is InChI=1S/C13H25N3O3/c1-9(2)8-19-5-4-15-12(17)13(11(14)16-18)6-10(3)7-13/h9-10,18H,4-8H2,1-3H3,(H2,14,16)(H,15,17). The van der Waals surface area contributed by atoms with Gasteiger partial charge in [-0.3, -0.25) is 4.79 Å². The van der Waals surface area contributed by atoms with Crippen LogP contribution in [0.2, 0.25) is 0 Å². The predicted octanol–water partition coefficient (Wildman–Crippen LogP) is 0.938. The molecule has 0 aromatic heterocycles. The van der Waals surface area contributed by atoms with E-state index in [1.165, 1.54) is 0 Å². The first kappa shape index (κ1) is 15.8. The van der Waals surface area contributed by atoms with Crippen LogP contribution in [0.15, 0.2) is 5.16 Å². The Balaban J connectivity index is 2.38. The molecule has 0 unspecified atom stereocenters. The first-order valence-corrected chi connectivity index (χ1v) is 6.76. The molecule has 1 amide bonds. The highest BCUT2D eigenvalue weighted by Crippen LogP contribution is 2.45. The molecular weight excluding hydrogens is 246 g/mol. The van der Waals surface area contributed by atoms with Crippen LogP contribution in [-0.4, -0.2) is 36.7 Å². The van der Waals surface area contributed by atoms with Crippen LogP contribution in [-0.2, 0) is 9.53 Å². The number of hydrogen-bond donors (Lipinski definition) is 3. The minimum atomic E-state index is -0.827. The second-order valence-electron chi connectivity index (χ2n) is 5.81. The first-order chi connectivity index (χ1) is 8.92. The smallest absolute Gasteiger partial charge is 0.234 e. The Morgan fingerprint density at radius 1 is 1.58 bits per heavy atom. The van der Waals surface area contributed by atoms with E-state index in [4.69, 9.17) is 15.7 Å². The van der Waals surface area contributed by atoms with E-state index >= 15 is 0 Å². The monoisotopic (exact) mass is 271 g/mol. The molecule has 1 aliphatic carbocycles. The van der Waals surface area contributed by atoms with E-state index in [0.29, 0.717) is 44.4 Å². The van der Waals surface area contributed by atoms with Gasteiger partial charge in [-0.1, -0.05) is 25.9 Å². The normalized spacial score (nSPS) is 27.2. The molecule has 19 heavy (non-hydrogen) atoms. The number of nitrogens with one attached hydrogen (secondary N) is 1. The highest BCUT2D eigenvalue weighted by atomic mass is 16.5. The van der Waals surface area contributed by atoms with E-state index in [-0.39, 0.29) is 11.7 Å². The van der Waals surface area contributed by atoms with Crippen molar-refractivity contribution in [3.05, 3.63) is 0 Å². The van der Waals surface area contributed by atoms with Gasteiger partial charge in [0.1, 0.15) is 5.41 Å². The fourth-order valence-electron chi connectivity index (χ4n) is 2.46. The third kappa shape index (κ3) is 3.83. The maximum Gasteiger partial charge on any atom is 0.234 e. The Morgan fingerprint density at radius 2 is 2.21 bits per heavy atom. The summed E-state index contributed by atoms with van der Waals surface area (Å²) in [7, 11) is 0. The maximum absolute atomic E-state index is 12.2. The van der Waals surface area contributed by atoms with Crippen LogP contribution >= 0.6 is 0 Å². The molecule has 0 saturated heterocycles. The molecule has 1 saturated carbocycles. The van der Waals surface area contributed by atoms with Crippen molar-refractivity contribution < 1.29 is 14.7 Å². The molecule has 110 valence electrons. The number of ether oxygens (including phenoxy) is 1. The Hall–Kier alpha value is -1.30. The second-order valence-corrected chi connectivity index (χ2v) is 5.81. The number of nitrogens with zero attached hydrogens (tertiary/aromatic N) is 1. The van der Waals surface area contributed by atoms with Gasteiger partial charge < -0.3 is 21.0 Å². The number of oxime groups is 1. The SMILES string of the molecule is CC(C)COCCNC(=O)C1(C(N)=NO)CC(C)C1. The molecule has 4 N–H and O–H groups in total. The Morgan fingerprint density at radius 3 is 2.68 bits per heavy atom. The van der Waals surface area contributed by atoms with Crippen molar-refractivity contribution in [3.63, 3.8) is 0 Å². The van der Waals surface area contributed by atoms with Gasteiger partial charge in [-0.15, -0.1) is 0 Å². The molecule has 0 bridgehead atoms. The zero-order chi connectivity index (χ0) is 14.5. The molecular formula is C13H25N3O3. The van der Waals surface area contributed by atoms with Crippen LogP contribution in [0.4, 0.5) is 0 Å². The first-order valence-electron chi connectivity index (χ1n) is 6.76. The van der Waals surface area contributed by atoms with E-state index in [2.05, 4.69) is 24.3 Å². The van der Waals surface area contributed by atoms with E-state index in [0.717, 1.165) is 0 Å². The molecule has 1 rings (SSSR count). The summed E-state index contributed by atoms with van der Waals surface area (Å²) >= 11 is 0. The van der Waals surface area contributed by atoms with E-state index in [9.17, 15) is 4.79 Å². The number of carbonyl (C=O) groups is 1. The van der Waals surface area contributed by atoms with Gasteiger partial charge in [0.05, 0.1) is 6.61 Å². The summed E-state index contributed by atoms with van der Waals surface area (Å²) in [5, 5.41) is 14.6. The summed E-state index contributed by atoms with van der Waals surface area (Å²) in [5.41, 5.74) is 4.83. The van der Waals surface area contributed by atoms with Gasteiger partial charge in [0.2, 0.25) is 5.91 Å². The number of amidine groups is 1. The summed E-state index contributed by atoms with van der Waals surface area (Å²) in [6.07, 6.45) is 1.25. The van der Waals surface area contributed by atoms with Crippen LogP contribution < -0.4 is 11.1 Å². The largest absolute Gasteiger partial charge is 0.409 e. The second kappa shape index (κ2) is 6.75. The van der Waals surface area contributed by atoms with Crippen molar-refractivity contribution in [1.29, 1.82) is 0 Å². The maximum atomic E-state index is 12.2. The van der Waals surface area contributed by atoms with Crippen LogP contribution in [0.3, 0.4) is 0 Å². The van der Waals surface area contributed by atoms with Crippen LogP contribution in [0, 0.1) is 17.3 Å². The lowest BCUT2D eigenvalue weighted by molar-refractivity contribution is -0.133. The number of carbonyl (C=O) groups excluding carboxylic acids is 1. The van der Waals surface area contributed by atoms with Gasteiger partial charge in [0.15, 0.2) is 5.84 Å². The van der Waals surface area contributed by atoms with Gasteiger partial charge in [-0.25, -0.2) is 0 Å². The Bertz CT molecular complexity index is 336. The molecule has 6 heteroatoms. The molecule has 0 heterocycles. The fraction of sp³-hybridized carbons (Fsp3) is 0.846. The van der Waals surface area contributed by atoms with Crippen molar-refractivity contribution in [2.45, 2.75) is 33.6 Å². The summed E-state index contributed by atoms with van der Waals surface area (Å²) in [5.74, 6) is 0.732. The minimum Gasteiger partial charge on any atom is -0.409 e. The third-order valence-corrected chi connectivity index (χ3v) is 3.41. The summed E-state index contributed by atoms with van der Waals surface area (Å²) in [4.78, 5) is 12.2. The summed E-state index contributed by atoms with van der Waals surface area (Å²) in [6, 6.07) is 0. The summed E-state index contributed by atoms with van der Waals surface area (Å²) in [6.45, 7) is 7.79. The third-order valence-electron chi connectivity index (χ3n) is 3.41. The molecule has 0 atom stereocenters. The van der Waals surface area contributed by atoms with Crippen molar-refractivity contribution in [2.24, 2.45) is 28.1 Å². The van der Waals surface area contributed by atoms with E-state index in [1.54, 1.807) is 0 Å². The lowest BCUT2D eigenvalue weighted by atomic mass is 9.61. The lowest BCUT2D eigenvalue weighted by Crippen LogP contribution is -2.57. The Kier molecular flexibility index (Phi) is 5.60. The highest BCUT2D eigenvalue weighted by Gasteiger charge is 2.51. The number of nitrogens with two attached hydrogens (primary N) is 1. The quantitative estimate of drug-likeness (QED) is 0.211. The molecule has 0 spiro atoms. The lowest BCUT2D eigenvalue weighted by Gasteiger charge is -2.43. The molecule has 1 fully saturated rings. The Labute approximate surface area is 114 Å². The fourth-order valence-corrected chi connectivity index (χ4v) is 2.46. The van der Waals surface area contributed by atoms with Gasteiger partial charge >= 0.3 is 0 Å². The topological polar surface area (TPSA) is 96.9 Å². The molecule has 0 aromatic carbocycles. The van der Waals surface area contributed by atoms with Gasteiger partial charge in [0, 0.05) is 13.2 Å². The number of hydrogen-bond acceptors (Lipinski definition) is 4. The molecule has 6 nitrogen and oxygen atoms in total. The molecule has 0 radical (unpaired) electrons. The van der Waals surface area contributed by atoms with Crippen molar-refractivity contribution >= 4 is 11.7 Å². The molecule has 0 aliphatic heterocycles. The van der Waals surface area contributed by atoms with Gasteiger partial charge in [-0.05, 0) is 24.7 Å². The minimum absolute atomic E-state index is 0.00574. The predicted molar refractivity (Wildman–Crippen MR) is 72.9 cm³/mol. The van der Waals surface area contributed by atoms with E-state index < -0.39 is 5.41 Å². The van der Waals surface area contributed by atoms with Crippen LogP contribution in [0.25, 0.3) is 0 Å². The average Bonchev–Trinajstić information content (AvgIpc) is 2.32. The van der Waals surface area contributed by atoms with Crippen molar-refractivity contribution in [3.8, 4) is 0 Å². The molecule has 1 aliphatic rings. The summed E-state index contributed by atoms with van der Waals surface area (Å²) < 4.78 is 5.39. The highest BCUT2D eigenvalue weighted by molar-refractivity contribution is 6.07. The van der Waals surface area contributed by atoms with Gasteiger partial charge in [0.25, 0.3) is 0 Å². The number of amides is 1. The number of rotatable bonds is 7. The van der Waals surface area contributed by atoms with Gasteiger partial charge in [-0.2, -0.15) is 0 Å². The zero-order valence-corrected chi connectivity index (χ0v) is 12.0. The molecule has 0 aromatic rings. The average molecular weight is 271 g/mol. The zero-order valence-electron chi connectivity index (χ0n) is 12.0.